The van der Waals surface area contributed by atoms with Crippen molar-refractivity contribution < 1.29 is 4.79 Å². The Morgan fingerprint density at radius 1 is 1.14 bits per heavy atom. The smallest absolute Gasteiger partial charge is 0.253 e. The number of carbonyl (C=O) groups excluding carboxylic acids is 1. The largest absolute Gasteiger partial charge is 0.272 e. The van der Waals surface area contributed by atoms with Crippen molar-refractivity contribution in [3.63, 3.8) is 0 Å². The summed E-state index contributed by atoms with van der Waals surface area (Å²) in [6, 6.07) is 17.9. The molecule has 114 valence electrons. The Morgan fingerprint density at radius 3 is 2.41 bits per heavy atom. The van der Waals surface area contributed by atoms with Crippen LogP contribution in [0.5, 0.6) is 0 Å². The third kappa shape index (κ3) is 5.14. The summed E-state index contributed by atoms with van der Waals surface area (Å²) in [4.78, 5) is 13.2. The Morgan fingerprint density at radius 2 is 1.77 bits per heavy atom. The summed E-state index contributed by atoms with van der Waals surface area (Å²) < 4.78 is 1.17. The van der Waals surface area contributed by atoms with Crippen molar-refractivity contribution in [2.45, 2.75) is 24.0 Å². The molecule has 0 fully saturated rings. The molecular weight excluding hydrogens is 407 g/mol. The molecule has 0 spiro atoms. The first-order valence-corrected chi connectivity index (χ1v) is 8.84. The molecule has 0 heterocycles. The maximum absolute atomic E-state index is 12.1. The van der Waals surface area contributed by atoms with Crippen LogP contribution in [-0.2, 0) is 4.79 Å². The van der Waals surface area contributed by atoms with E-state index < -0.39 is 0 Å². The molecule has 0 saturated carbocycles. The average molecular weight is 424 g/mol. The molecule has 0 aliphatic rings. The van der Waals surface area contributed by atoms with Crippen LogP contribution in [0, 0.1) is 3.57 Å². The lowest BCUT2D eigenvalue weighted by atomic mass is 10.1. The van der Waals surface area contributed by atoms with Gasteiger partial charge in [-0.3, -0.25) is 4.79 Å². The van der Waals surface area contributed by atoms with Crippen LogP contribution in [0.2, 0.25) is 0 Å². The molecule has 22 heavy (non-hydrogen) atoms. The first kappa shape index (κ1) is 17.0. The highest BCUT2D eigenvalue weighted by Gasteiger charge is 2.13. The molecule has 2 rings (SSSR count). The van der Waals surface area contributed by atoms with Crippen LogP contribution in [0.25, 0.3) is 0 Å². The molecule has 0 unspecified atom stereocenters. The van der Waals surface area contributed by atoms with E-state index >= 15 is 0 Å². The molecule has 1 N–H and O–H groups in total. The number of benzene rings is 2. The fourth-order valence-corrected chi connectivity index (χ4v) is 2.98. The van der Waals surface area contributed by atoms with Crippen molar-refractivity contribution in [2.24, 2.45) is 5.10 Å². The van der Waals surface area contributed by atoms with E-state index in [1.54, 1.807) is 0 Å². The van der Waals surface area contributed by atoms with E-state index in [4.69, 9.17) is 0 Å². The number of halogens is 1. The standard InChI is InChI=1S/C17H17IN2OS/c1-12(14-8-10-15(18)11-9-14)19-20-17(21)13(2)22-16-6-4-3-5-7-16/h3-11,13H,1-2H3,(H,20,21)/b19-12-/t13-/m1/s1. The second-order valence-electron chi connectivity index (χ2n) is 4.75. The third-order valence-electron chi connectivity index (χ3n) is 3.02. The SMILES string of the molecule is C/C(=N/NC(=O)[C@@H](C)Sc1ccccc1)c1ccc(I)cc1. The molecule has 1 atom stereocenters. The zero-order valence-electron chi connectivity index (χ0n) is 12.4. The summed E-state index contributed by atoms with van der Waals surface area (Å²) in [7, 11) is 0. The van der Waals surface area contributed by atoms with Gasteiger partial charge in [-0.05, 0) is 66.3 Å². The Hall–Kier alpha value is -1.34. The number of hydrogen-bond acceptors (Lipinski definition) is 3. The fourth-order valence-electron chi connectivity index (χ4n) is 1.74. The Labute approximate surface area is 148 Å². The zero-order valence-corrected chi connectivity index (χ0v) is 15.4. The van der Waals surface area contributed by atoms with Gasteiger partial charge in [0.2, 0.25) is 0 Å². The van der Waals surface area contributed by atoms with E-state index in [9.17, 15) is 4.79 Å². The minimum Gasteiger partial charge on any atom is -0.272 e. The minimum atomic E-state index is -0.198. The molecule has 0 radical (unpaired) electrons. The number of amides is 1. The molecule has 1 amide bonds. The number of nitrogens with one attached hydrogen (secondary N) is 1. The van der Waals surface area contributed by atoms with Crippen LogP contribution >= 0.6 is 34.4 Å². The predicted octanol–water partition coefficient (Wildman–Crippen LogP) is 4.31. The molecule has 0 saturated heterocycles. The van der Waals surface area contributed by atoms with Gasteiger partial charge in [-0.25, -0.2) is 5.43 Å². The van der Waals surface area contributed by atoms with Gasteiger partial charge in [-0.1, -0.05) is 30.3 Å². The maximum Gasteiger partial charge on any atom is 0.253 e. The van der Waals surface area contributed by atoms with Gasteiger partial charge in [-0.15, -0.1) is 11.8 Å². The highest BCUT2D eigenvalue weighted by Crippen LogP contribution is 2.22. The molecule has 0 bridgehead atoms. The van der Waals surface area contributed by atoms with E-state index in [0.717, 1.165) is 16.2 Å². The number of hydrogen-bond donors (Lipinski definition) is 1. The zero-order chi connectivity index (χ0) is 15.9. The number of nitrogens with zero attached hydrogens (tertiary/aromatic N) is 1. The summed E-state index contributed by atoms with van der Waals surface area (Å²) in [5.74, 6) is -0.0984. The monoisotopic (exact) mass is 424 g/mol. The van der Waals surface area contributed by atoms with Crippen molar-refractivity contribution in [2.75, 3.05) is 0 Å². The van der Waals surface area contributed by atoms with E-state index in [1.807, 2.05) is 68.4 Å². The molecular formula is C17H17IN2OS. The van der Waals surface area contributed by atoms with Crippen LogP contribution in [-0.4, -0.2) is 16.9 Å². The number of carbonyl (C=O) groups is 1. The highest BCUT2D eigenvalue weighted by atomic mass is 127. The average Bonchev–Trinajstić information content (AvgIpc) is 2.53. The van der Waals surface area contributed by atoms with Gasteiger partial charge in [0.05, 0.1) is 11.0 Å². The van der Waals surface area contributed by atoms with E-state index in [1.165, 1.54) is 15.3 Å². The Kier molecular flexibility index (Phi) is 6.45. The van der Waals surface area contributed by atoms with Crippen molar-refractivity contribution in [3.05, 3.63) is 63.7 Å². The van der Waals surface area contributed by atoms with Gasteiger partial charge in [0.15, 0.2) is 0 Å². The summed E-state index contributed by atoms with van der Waals surface area (Å²) in [5, 5.41) is 3.99. The first-order chi connectivity index (χ1) is 10.6. The second-order valence-corrected chi connectivity index (χ2v) is 7.41. The summed E-state index contributed by atoms with van der Waals surface area (Å²) in [5.41, 5.74) is 4.44. The lowest BCUT2D eigenvalue weighted by Gasteiger charge is -2.10. The van der Waals surface area contributed by atoms with Crippen molar-refractivity contribution in [1.29, 1.82) is 0 Å². The predicted molar refractivity (Wildman–Crippen MR) is 101 cm³/mol. The number of hydrazone groups is 1. The second kappa shape index (κ2) is 8.33. The van der Waals surface area contributed by atoms with Crippen LogP contribution in [0.3, 0.4) is 0 Å². The molecule has 5 heteroatoms. The van der Waals surface area contributed by atoms with Crippen molar-refractivity contribution >= 4 is 46.0 Å². The summed E-state index contributed by atoms with van der Waals surface area (Å²) >= 11 is 3.78. The molecule has 2 aromatic rings. The minimum absolute atomic E-state index is 0.0984. The fraction of sp³-hybridized carbons (Fsp3) is 0.176. The normalized spacial score (nSPS) is 12.8. The van der Waals surface area contributed by atoms with Crippen molar-refractivity contribution in [3.8, 4) is 0 Å². The first-order valence-electron chi connectivity index (χ1n) is 6.88. The van der Waals surface area contributed by atoms with Gasteiger partial charge in [0.1, 0.15) is 0 Å². The topological polar surface area (TPSA) is 41.5 Å². The molecule has 3 nitrogen and oxygen atoms in total. The molecule has 2 aromatic carbocycles. The van der Waals surface area contributed by atoms with Crippen LogP contribution in [0.4, 0.5) is 0 Å². The summed E-state index contributed by atoms with van der Waals surface area (Å²) in [6.07, 6.45) is 0. The lowest BCUT2D eigenvalue weighted by Crippen LogP contribution is -2.27. The molecule has 0 aliphatic carbocycles. The van der Waals surface area contributed by atoms with Gasteiger partial charge in [0.25, 0.3) is 5.91 Å². The number of rotatable bonds is 5. The quantitative estimate of drug-likeness (QED) is 0.336. The van der Waals surface area contributed by atoms with Gasteiger partial charge in [-0.2, -0.15) is 5.10 Å². The number of thioether (sulfide) groups is 1. The molecule has 0 aliphatic heterocycles. The highest BCUT2D eigenvalue weighted by molar-refractivity contribution is 14.1. The van der Waals surface area contributed by atoms with E-state index in [0.29, 0.717) is 0 Å². The van der Waals surface area contributed by atoms with E-state index in [2.05, 4.69) is 33.1 Å². The Bertz CT molecular complexity index is 656. The molecule has 0 aromatic heterocycles. The van der Waals surface area contributed by atoms with Crippen LogP contribution in [0.15, 0.2) is 64.6 Å². The summed E-state index contributed by atoms with van der Waals surface area (Å²) in [6.45, 7) is 3.76. The maximum atomic E-state index is 12.1. The lowest BCUT2D eigenvalue weighted by molar-refractivity contribution is -0.120. The third-order valence-corrected chi connectivity index (χ3v) is 4.85. The Balaban J connectivity index is 1.93. The van der Waals surface area contributed by atoms with Crippen LogP contribution in [0.1, 0.15) is 19.4 Å². The van der Waals surface area contributed by atoms with E-state index in [-0.39, 0.29) is 11.2 Å². The van der Waals surface area contributed by atoms with Gasteiger partial charge >= 0.3 is 0 Å². The van der Waals surface area contributed by atoms with Crippen molar-refractivity contribution in [1.82, 2.24) is 5.43 Å². The van der Waals surface area contributed by atoms with Crippen LogP contribution < -0.4 is 5.43 Å². The van der Waals surface area contributed by atoms with Gasteiger partial charge in [0, 0.05) is 8.47 Å². The van der Waals surface area contributed by atoms with Gasteiger partial charge < -0.3 is 0 Å².